The lowest BCUT2D eigenvalue weighted by molar-refractivity contribution is -0.113. The SMILES string of the molecule is COc1cccc(NC(=O)CSc2nccn2Cc2ccccc2OC)c1. The first-order valence-electron chi connectivity index (χ1n) is 8.39. The van der Waals surface area contributed by atoms with Crippen LogP contribution in [0.5, 0.6) is 11.5 Å². The number of carbonyl (C=O) groups is 1. The number of nitrogens with one attached hydrogen (secondary N) is 1. The van der Waals surface area contributed by atoms with Gasteiger partial charge in [0.25, 0.3) is 0 Å². The van der Waals surface area contributed by atoms with E-state index in [4.69, 9.17) is 9.47 Å². The molecule has 0 unspecified atom stereocenters. The van der Waals surface area contributed by atoms with Crippen LogP contribution in [0.1, 0.15) is 5.56 Å². The van der Waals surface area contributed by atoms with Crippen LogP contribution < -0.4 is 14.8 Å². The zero-order valence-electron chi connectivity index (χ0n) is 15.2. The molecule has 1 heterocycles. The minimum Gasteiger partial charge on any atom is -0.497 e. The van der Waals surface area contributed by atoms with Crippen LogP contribution in [0.25, 0.3) is 0 Å². The highest BCUT2D eigenvalue weighted by molar-refractivity contribution is 7.99. The molecule has 0 aliphatic heterocycles. The summed E-state index contributed by atoms with van der Waals surface area (Å²) in [4.78, 5) is 16.6. The Kier molecular flexibility index (Phi) is 6.38. The second kappa shape index (κ2) is 9.14. The number of hydrogen-bond donors (Lipinski definition) is 1. The number of aromatic nitrogens is 2. The van der Waals surface area contributed by atoms with Crippen molar-refractivity contribution in [3.63, 3.8) is 0 Å². The monoisotopic (exact) mass is 383 g/mol. The number of methoxy groups -OCH3 is 2. The normalized spacial score (nSPS) is 10.4. The van der Waals surface area contributed by atoms with E-state index in [2.05, 4.69) is 10.3 Å². The third-order valence-electron chi connectivity index (χ3n) is 3.90. The van der Waals surface area contributed by atoms with E-state index in [0.717, 1.165) is 16.5 Å². The maximum absolute atomic E-state index is 12.2. The molecule has 0 bridgehead atoms. The van der Waals surface area contributed by atoms with Crippen molar-refractivity contribution in [1.29, 1.82) is 0 Å². The van der Waals surface area contributed by atoms with E-state index in [1.54, 1.807) is 26.5 Å². The molecule has 1 N–H and O–H groups in total. The van der Waals surface area contributed by atoms with E-state index in [-0.39, 0.29) is 11.7 Å². The van der Waals surface area contributed by atoms with Gasteiger partial charge in [0.1, 0.15) is 11.5 Å². The Morgan fingerprint density at radius 2 is 2.00 bits per heavy atom. The van der Waals surface area contributed by atoms with Crippen LogP contribution in [0, 0.1) is 0 Å². The topological polar surface area (TPSA) is 65.4 Å². The standard InChI is InChI=1S/C20H21N3O3S/c1-25-17-8-5-7-16(12-17)22-19(24)14-27-20-21-10-11-23(20)13-15-6-3-4-9-18(15)26-2/h3-12H,13-14H2,1-2H3,(H,22,24). The molecular formula is C20H21N3O3S. The average molecular weight is 383 g/mol. The van der Waals surface area contributed by atoms with Gasteiger partial charge in [-0.05, 0) is 18.2 Å². The van der Waals surface area contributed by atoms with Crippen molar-refractivity contribution in [3.8, 4) is 11.5 Å². The summed E-state index contributed by atoms with van der Waals surface area (Å²) in [6.07, 6.45) is 3.63. The molecule has 0 radical (unpaired) electrons. The molecular weight excluding hydrogens is 362 g/mol. The van der Waals surface area contributed by atoms with Crippen LogP contribution in [0.4, 0.5) is 5.69 Å². The summed E-state index contributed by atoms with van der Waals surface area (Å²) in [7, 11) is 3.25. The lowest BCUT2D eigenvalue weighted by Gasteiger charge is -2.11. The van der Waals surface area contributed by atoms with Gasteiger partial charge in [-0.1, -0.05) is 36.0 Å². The summed E-state index contributed by atoms with van der Waals surface area (Å²) < 4.78 is 12.6. The lowest BCUT2D eigenvalue weighted by atomic mass is 10.2. The second-order valence-corrected chi connectivity index (χ2v) is 6.66. The summed E-state index contributed by atoms with van der Waals surface area (Å²) >= 11 is 1.39. The van der Waals surface area contributed by atoms with Crippen molar-refractivity contribution in [1.82, 2.24) is 9.55 Å². The molecule has 0 spiro atoms. The third kappa shape index (κ3) is 5.04. The fourth-order valence-corrected chi connectivity index (χ4v) is 3.36. The molecule has 2 aromatic carbocycles. The largest absolute Gasteiger partial charge is 0.497 e. The molecule has 1 aromatic heterocycles. The zero-order chi connectivity index (χ0) is 19.1. The molecule has 7 heteroatoms. The first-order valence-corrected chi connectivity index (χ1v) is 9.38. The van der Waals surface area contributed by atoms with Gasteiger partial charge in [0.15, 0.2) is 5.16 Å². The van der Waals surface area contributed by atoms with Gasteiger partial charge in [-0.3, -0.25) is 4.79 Å². The molecule has 0 aliphatic carbocycles. The number of ether oxygens (including phenoxy) is 2. The number of amides is 1. The number of thioether (sulfide) groups is 1. The first-order chi connectivity index (χ1) is 13.2. The summed E-state index contributed by atoms with van der Waals surface area (Å²) in [5, 5.41) is 3.65. The molecule has 6 nitrogen and oxygen atoms in total. The predicted molar refractivity (Wildman–Crippen MR) is 107 cm³/mol. The molecule has 0 saturated heterocycles. The van der Waals surface area contributed by atoms with E-state index in [1.165, 1.54) is 11.8 Å². The minimum atomic E-state index is -0.0971. The molecule has 3 rings (SSSR count). The van der Waals surface area contributed by atoms with Crippen molar-refractivity contribution >= 4 is 23.4 Å². The highest BCUT2D eigenvalue weighted by Gasteiger charge is 2.10. The molecule has 140 valence electrons. The minimum absolute atomic E-state index is 0.0971. The van der Waals surface area contributed by atoms with Gasteiger partial charge in [0.2, 0.25) is 5.91 Å². The maximum atomic E-state index is 12.2. The molecule has 0 atom stereocenters. The van der Waals surface area contributed by atoms with Crippen LogP contribution in [0.2, 0.25) is 0 Å². The zero-order valence-corrected chi connectivity index (χ0v) is 16.0. The number of imidazole rings is 1. The van der Waals surface area contributed by atoms with Crippen molar-refractivity contribution in [2.75, 3.05) is 25.3 Å². The summed E-state index contributed by atoms with van der Waals surface area (Å²) in [6, 6.07) is 15.1. The number of benzene rings is 2. The second-order valence-electron chi connectivity index (χ2n) is 5.72. The Morgan fingerprint density at radius 3 is 2.81 bits per heavy atom. The van der Waals surface area contributed by atoms with Gasteiger partial charge in [-0.25, -0.2) is 4.98 Å². The Bertz CT molecular complexity index is 911. The van der Waals surface area contributed by atoms with Gasteiger partial charge in [0, 0.05) is 29.7 Å². The van der Waals surface area contributed by atoms with Crippen LogP contribution in [0.15, 0.2) is 66.1 Å². The van der Waals surface area contributed by atoms with Crippen molar-refractivity contribution in [3.05, 3.63) is 66.5 Å². The summed E-state index contributed by atoms with van der Waals surface area (Å²) in [5.41, 5.74) is 1.76. The Labute approximate surface area is 162 Å². The number of anilines is 1. The number of nitrogens with zero attached hydrogens (tertiary/aromatic N) is 2. The van der Waals surface area contributed by atoms with E-state index in [0.29, 0.717) is 18.0 Å². The highest BCUT2D eigenvalue weighted by atomic mass is 32.2. The smallest absolute Gasteiger partial charge is 0.234 e. The van der Waals surface area contributed by atoms with Gasteiger partial charge < -0.3 is 19.4 Å². The van der Waals surface area contributed by atoms with Crippen molar-refractivity contribution < 1.29 is 14.3 Å². The maximum Gasteiger partial charge on any atom is 0.234 e. The Morgan fingerprint density at radius 1 is 1.15 bits per heavy atom. The fourth-order valence-electron chi connectivity index (χ4n) is 2.60. The highest BCUT2D eigenvalue weighted by Crippen LogP contribution is 2.23. The van der Waals surface area contributed by atoms with Gasteiger partial charge in [0.05, 0.1) is 26.5 Å². The van der Waals surface area contributed by atoms with Gasteiger partial charge in [-0.2, -0.15) is 0 Å². The third-order valence-corrected chi connectivity index (χ3v) is 4.90. The molecule has 27 heavy (non-hydrogen) atoms. The van der Waals surface area contributed by atoms with Crippen molar-refractivity contribution in [2.24, 2.45) is 0 Å². The lowest BCUT2D eigenvalue weighted by Crippen LogP contribution is -2.14. The average Bonchev–Trinajstić information content (AvgIpc) is 3.14. The molecule has 1 amide bonds. The van der Waals surface area contributed by atoms with Crippen molar-refractivity contribution in [2.45, 2.75) is 11.7 Å². The Balaban J connectivity index is 1.60. The van der Waals surface area contributed by atoms with Crippen LogP contribution in [0.3, 0.4) is 0 Å². The number of rotatable bonds is 8. The molecule has 3 aromatic rings. The van der Waals surface area contributed by atoms with Crippen LogP contribution in [-0.4, -0.2) is 35.4 Å². The number of hydrogen-bond acceptors (Lipinski definition) is 5. The first kappa shape index (κ1) is 18.8. The molecule has 0 aliphatic rings. The number of para-hydroxylation sites is 1. The van der Waals surface area contributed by atoms with Gasteiger partial charge >= 0.3 is 0 Å². The Hall–Kier alpha value is -2.93. The molecule has 0 saturated carbocycles. The van der Waals surface area contributed by atoms with Crippen LogP contribution >= 0.6 is 11.8 Å². The molecule has 0 fully saturated rings. The number of carbonyl (C=O) groups excluding carboxylic acids is 1. The van der Waals surface area contributed by atoms with Gasteiger partial charge in [-0.15, -0.1) is 0 Å². The predicted octanol–water partition coefficient (Wildman–Crippen LogP) is 3.68. The van der Waals surface area contributed by atoms with E-state index < -0.39 is 0 Å². The fraction of sp³-hybridized carbons (Fsp3) is 0.200. The van der Waals surface area contributed by atoms with E-state index >= 15 is 0 Å². The quantitative estimate of drug-likeness (QED) is 0.601. The summed E-state index contributed by atoms with van der Waals surface area (Å²) in [6.45, 7) is 0.629. The van der Waals surface area contributed by atoms with E-state index in [9.17, 15) is 4.79 Å². The van der Waals surface area contributed by atoms with E-state index in [1.807, 2.05) is 53.2 Å². The summed E-state index contributed by atoms with van der Waals surface area (Å²) in [5.74, 6) is 1.70. The van der Waals surface area contributed by atoms with Crippen LogP contribution in [-0.2, 0) is 11.3 Å².